The Hall–Kier alpha value is -0.610. The van der Waals surface area contributed by atoms with Gasteiger partial charge < -0.3 is 15.0 Å². The fourth-order valence-electron chi connectivity index (χ4n) is 3.55. The van der Waals surface area contributed by atoms with E-state index in [4.69, 9.17) is 10.5 Å². The molecule has 0 aromatic rings. The van der Waals surface area contributed by atoms with Crippen LogP contribution >= 0.6 is 0 Å². The highest BCUT2D eigenvalue weighted by atomic mass is 16.5. The van der Waals surface area contributed by atoms with Gasteiger partial charge in [-0.05, 0) is 26.8 Å². The number of nitrogens with zero attached hydrogens (tertiary/aromatic N) is 1. The van der Waals surface area contributed by atoms with E-state index in [0.717, 1.165) is 23.9 Å². The molecule has 0 amide bonds. The second kappa shape index (κ2) is 25.6. The van der Waals surface area contributed by atoms with Crippen molar-refractivity contribution in [2.24, 2.45) is 5.73 Å². The first-order valence-electron chi connectivity index (χ1n) is 13.6. The molecule has 0 aliphatic heterocycles. The van der Waals surface area contributed by atoms with Gasteiger partial charge in [-0.1, -0.05) is 96.8 Å². The fraction of sp³-hybridized carbons (Fsp3) is 0.963. The number of rotatable bonds is 21. The van der Waals surface area contributed by atoms with Gasteiger partial charge in [0, 0.05) is 12.8 Å². The molecule has 0 saturated heterocycles. The van der Waals surface area contributed by atoms with Crippen LogP contribution in [-0.4, -0.2) is 50.8 Å². The Kier molecular flexibility index (Phi) is 26.9. The number of hydrogen-bond acceptors (Lipinski definition) is 3. The molecule has 0 aromatic heterocycles. The lowest BCUT2D eigenvalue weighted by molar-refractivity contribution is -0.888. The maximum atomic E-state index is 11.2. The van der Waals surface area contributed by atoms with Crippen molar-refractivity contribution in [3.63, 3.8) is 0 Å². The van der Waals surface area contributed by atoms with E-state index in [1.54, 1.807) is 0 Å². The van der Waals surface area contributed by atoms with Crippen LogP contribution in [0.25, 0.3) is 0 Å². The predicted octanol–water partition coefficient (Wildman–Crippen LogP) is 7.24. The van der Waals surface area contributed by atoms with Crippen molar-refractivity contribution in [2.75, 3.05) is 40.3 Å². The van der Waals surface area contributed by atoms with Crippen molar-refractivity contribution in [1.82, 2.24) is 0 Å². The first-order chi connectivity index (χ1) is 14.9. The second-order valence-electron chi connectivity index (χ2n) is 9.62. The Morgan fingerprint density at radius 2 is 1.10 bits per heavy atom. The quantitative estimate of drug-likeness (QED) is 0.115. The number of carbonyl (C=O) groups excluding carboxylic acids is 1. The Morgan fingerprint density at radius 3 is 1.45 bits per heavy atom. The van der Waals surface area contributed by atoms with Crippen LogP contribution in [0, 0.1) is 0 Å². The number of esters is 1. The van der Waals surface area contributed by atoms with Crippen LogP contribution in [0.1, 0.15) is 130 Å². The van der Waals surface area contributed by atoms with Crippen molar-refractivity contribution in [3.05, 3.63) is 0 Å². The van der Waals surface area contributed by atoms with Gasteiger partial charge in [-0.25, -0.2) is 0 Å². The number of carbonyl (C=O) groups is 1. The molecule has 0 aliphatic carbocycles. The maximum Gasteiger partial charge on any atom is 0.305 e. The zero-order valence-corrected chi connectivity index (χ0v) is 22.2. The first-order valence-corrected chi connectivity index (χ1v) is 13.6. The smallest absolute Gasteiger partial charge is 0.305 e. The lowest BCUT2D eigenvalue weighted by atomic mass is 10.0. The Balaban J connectivity index is 0. The van der Waals surface area contributed by atoms with Crippen LogP contribution in [0.15, 0.2) is 0 Å². The molecule has 188 valence electrons. The number of ether oxygens (including phenoxy) is 1. The first kappa shape index (κ1) is 32.6. The Labute approximate surface area is 196 Å². The summed E-state index contributed by atoms with van der Waals surface area (Å²) < 4.78 is 6.02. The van der Waals surface area contributed by atoms with Gasteiger partial charge >= 0.3 is 5.97 Å². The van der Waals surface area contributed by atoms with Crippen LogP contribution in [0.3, 0.4) is 0 Å². The molecule has 4 nitrogen and oxygen atoms in total. The molecular weight excluding hydrogens is 384 g/mol. The van der Waals surface area contributed by atoms with Gasteiger partial charge in [-0.15, -0.1) is 0 Å². The topological polar surface area (TPSA) is 52.3 Å². The minimum absolute atomic E-state index is 0.0304. The van der Waals surface area contributed by atoms with E-state index < -0.39 is 0 Å². The summed E-state index contributed by atoms with van der Waals surface area (Å²) >= 11 is 0. The van der Waals surface area contributed by atoms with Crippen molar-refractivity contribution < 1.29 is 14.0 Å². The monoisotopic (exact) mass is 443 g/mol. The maximum absolute atomic E-state index is 11.2. The lowest BCUT2D eigenvalue weighted by Crippen LogP contribution is -2.40. The highest BCUT2D eigenvalue weighted by Gasteiger charge is 2.08. The summed E-state index contributed by atoms with van der Waals surface area (Å²) in [6, 6.07) is 0. The SMILES string of the molecule is CCCCCCCCCCCCCCCCCC(=O)OCC.CC[N+](C)(C)CCCN. The lowest BCUT2D eigenvalue weighted by Gasteiger charge is -2.27. The molecule has 0 unspecified atom stereocenters. The number of hydrogen-bond donors (Lipinski definition) is 1. The van der Waals surface area contributed by atoms with Crippen LogP contribution < -0.4 is 5.73 Å². The van der Waals surface area contributed by atoms with Crippen LogP contribution in [0.5, 0.6) is 0 Å². The molecule has 0 heterocycles. The zero-order valence-electron chi connectivity index (χ0n) is 22.2. The zero-order chi connectivity index (χ0) is 23.6. The average Bonchev–Trinajstić information content (AvgIpc) is 2.75. The molecule has 0 aliphatic rings. The number of nitrogens with two attached hydrogens (primary N) is 1. The molecule has 0 radical (unpaired) electrons. The second-order valence-corrected chi connectivity index (χ2v) is 9.62. The van der Waals surface area contributed by atoms with Gasteiger partial charge in [0.1, 0.15) is 0 Å². The van der Waals surface area contributed by atoms with Gasteiger partial charge in [0.25, 0.3) is 0 Å². The third kappa shape index (κ3) is 29.4. The summed E-state index contributed by atoms with van der Waals surface area (Å²) in [6.07, 6.45) is 22.1. The minimum atomic E-state index is -0.0304. The summed E-state index contributed by atoms with van der Waals surface area (Å²) in [4.78, 5) is 11.2. The van der Waals surface area contributed by atoms with Crippen molar-refractivity contribution in [3.8, 4) is 0 Å². The fourth-order valence-corrected chi connectivity index (χ4v) is 3.55. The minimum Gasteiger partial charge on any atom is -0.466 e. The summed E-state index contributed by atoms with van der Waals surface area (Å²) in [7, 11) is 4.46. The van der Waals surface area contributed by atoms with E-state index in [2.05, 4.69) is 27.9 Å². The van der Waals surface area contributed by atoms with Crippen molar-refractivity contribution in [1.29, 1.82) is 0 Å². The van der Waals surface area contributed by atoms with Crippen LogP contribution in [-0.2, 0) is 9.53 Å². The van der Waals surface area contributed by atoms with Gasteiger partial charge in [-0.3, -0.25) is 4.79 Å². The molecule has 0 fully saturated rings. The molecule has 0 spiro atoms. The highest BCUT2D eigenvalue weighted by Crippen LogP contribution is 2.13. The molecule has 0 aromatic carbocycles. The molecule has 0 bridgehead atoms. The van der Waals surface area contributed by atoms with Gasteiger partial charge in [0.05, 0.1) is 33.8 Å². The van der Waals surface area contributed by atoms with Gasteiger partial charge in [0.2, 0.25) is 0 Å². The molecule has 0 rings (SSSR count). The Morgan fingerprint density at radius 1 is 0.677 bits per heavy atom. The van der Waals surface area contributed by atoms with Crippen molar-refractivity contribution in [2.45, 2.75) is 130 Å². The largest absolute Gasteiger partial charge is 0.466 e. The van der Waals surface area contributed by atoms with E-state index in [0.29, 0.717) is 13.0 Å². The van der Waals surface area contributed by atoms with E-state index in [-0.39, 0.29) is 5.97 Å². The summed E-state index contributed by atoms with van der Waals surface area (Å²) in [5, 5.41) is 0. The standard InChI is InChI=1S/C20H40O2.C7H19N2/c1-3-5-6-7-8-9-10-11-12-13-14-15-16-17-18-19-20(21)22-4-2;1-4-9(2,3)7-5-6-8/h3-19H2,1-2H3;4-8H2,1-3H3/q;+1. The summed E-state index contributed by atoms with van der Waals surface area (Å²) in [6.45, 7) is 10.1. The van der Waals surface area contributed by atoms with Gasteiger partial charge in [-0.2, -0.15) is 0 Å². The number of unbranched alkanes of at least 4 members (excludes halogenated alkanes) is 14. The van der Waals surface area contributed by atoms with Crippen LogP contribution in [0.4, 0.5) is 0 Å². The van der Waals surface area contributed by atoms with Crippen molar-refractivity contribution >= 4 is 5.97 Å². The Bertz CT molecular complexity index is 359. The molecule has 2 N–H and O–H groups in total. The summed E-state index contributed by atoms with van der Waals surface area (Å²) in [5.41, 5.74) is 5.38. The van der Waals surface area contributed by atoms with E-state index in [1.165, 1.54) is 103 Å². The molecule has 0 atom stereocenters. The van der Waals surface area contributed by atoms with Gasteiger partial charge in [0.15, 0.2) is 0 Å². The third-order valence-corrected chi connectivity index (χ3v) is 6.11. The molecule has 31 heavy (non-hydrogen) atoms. The van der Waals surface area contributed by atoms with E-state index >= 15 is 0 Å². The highest BCUT2D eigenvalue weighted by molar-refractivity contribution is 5.69. The normalized spacial score (nSPS) is 11.2. The predicted molar refractivity (Wildman–Crippen MR) is 137 cm³/mol. The average molecular weight is 444 g/mol. The molecular formula is C27H59N2O2+. The van der Waals surface area contributed by atoms with Crippen LogP contribution in [0.2, 0.25) is 0 Å². The van der Waals surface area contributed by atoms with E-state index in [1.807, 2.05) is 6.92 Å². The molecule has 0 saturated carbocycles. The number of quaternary nitrogens is 1. The summed E-state index contributed by atoms with van der Waals surface area (Å²) in [5.74, 6) is -0.0304. The third-order valence-electron chi connectivity index (χ3n) is 6.11. The molecule has 4 heteroatoms. The van der Waals surface area contributed by atoms with E-state index in [9.17, 15) is 4.79 Å².